The van der Waals surface area contributed by atoms with Crippen LogP contribution in [0, 0.1) is 13.8 Å². The van der Waals surface area contributed by atoms with Gasteiger partial charge in [-0.2, -0.15) is 13.2 Å². The zero-order valence-corrected chi connectivity index (χ0v) is 14.0. The second kappa shape index (κ2) is 6.67. The maximum absolute atomic E-state index is 12.8. The molecule has 0 saturated carbocycles. The Kier molecular flexibility index (Phi) is 4.54. The minimum atomic E-state index is -4.46. The van der Waals surface area contributed by atoms with E-state index in [0.717, 1.165) is 12.3 Å². The first kappa shape index (κ1) is 17.7. The molecule has 0 atom stereocenters. The number of nitrogens with one attached hydrogen (secondary N) is 1. The number of carbonyl (C=O) groups is 1. The molecule has 0 aliphatic heterocycles. The van der Waals surface area contributed by atoms with E-state index in [1.807, 2.05) is 0 Å². The van der Waals surface area contributed by atoms with Crippen molar-refractivity contribution in [2.24, 2.45) is 0 Å². The van der Waals surface area contributed by atoms with Crippen LogP contribution in [0.5, 0.6) is 0 Å². The van der Waals surface area contributed by atoms with E-state index < -0.39 is 11.7 Å². The first-order chi connectivity index (χ1) is 12.3. The van der Waals surface area contributed by atoms with Crippen LogP contribution in [0.4, 0.5) is 18.9 Å². The van der Waals surface area contributed by atoms with E-state index in [-0.39, 0.29) is 5.91 Å². The summed E-state index contributed by atoms with van der Waals surface area (Å²) in [4.78, 5) is 16.4. The molecule has 2 heterocycles. The Morgan fingerprint density at radius 3 is 2.50 bits per heavy atom. The van der Waals surface area contributed by atoms with Gasteiger partial charge in [-0.15, -0.1) is 0 Å². The number of anilines is 1. The number of hydrogen-bond donors (Lipinski definition) is 1. The molecule has 3 rings (SSSR count). The standard InChI is InChI=1S/C19H15F3N2O2/c1-11-9-13(19(20,21)22)10-23-17(11)15-5-3-4-6-16(15)24-18(25)14-7-8-26-12(14)2/h3-10H,1-2H3,(H,24,25). The van der Waals surface area contributed by atoms with Gasteiger partial charge in [0.15, 0.2) is 0 Å². The van der Waals surface area contributed by atoms with Crippen molar-refractivity contribution in [3.63, 3.8) is 0 Å². The van der Waals surface area contributed by atoms with E-state index in [0.29, 0.717) is 33.8 Å². The number of carbonyl (C=O) groups excluding carboxylic acids is 1. The molecule has 1 amide bonds. The molecular formula is C19H15F3N2O2. The summed E-state index contributed by atoms with van der Waals surface area (Å²) < 4.78 is 43.6. The van der Waals surface area contributed by atoms with E-state index in [1.54, 1.807) is 44.2 Å². The summed E-state index contributed by atoms with van der Waals surface area (Å²) in [5, 5.41) is 2.76. The van der Waals surface area contributed by atoms with E-state index >= 15 is 0 Å². The van der Waals surface area contributed by atoms with Gasteiger partial charge in [0, 0.05) is 11.8 Å². The Bertz CT molecular complexity index is 961. The number of amides is 1. The molecule has 0 aliphatic carbocycles. The number of rotatable bonds is 3. The van der Waals surface area contributed by atoms with Gasteiger partial charge in [-0.1, -0.05) is 18.2 Å². The molecule has 0 radical (unpaired) electrons. The van der Waals surface area contributed by atoms with Crippen LogP contribution in [0.1, 0.15) is 27.2 Å². The fraction of sp³-hybridized carbons (Fsp3) is 0.158. The van der Waals surface area contributed by atoms with Crippen LogP contribution in [-0.2, 0) is 6.18 Å². The summed E-state index contributed by atoms with van der Waals surface area (Å²) in [5.74, 6) is 0.108. The maximum Gasteiger partial charge on any atom is 0.417 e. The fourth-order valence-corrected chi connectivity index (χ4v) is 2.62. The average Bonchev–Trinajstić information content (AvgIpc) is 3.01. The quantitative estimate of drug-likeness (QED) is 0.696. The van der Waals surface area contributed by atoms with Crippen LogP contribution < -0.4 is 5.32 Å². The lowest BCUT2D eigenvalue weighted by Gasteiger charge is -2.14. The Labute approximate surface area is 147 Å². The van der Waals surface area contributed by atoms with Crippen molar-refractivity contribution in [1.29, 1.82) is 0 Å². The molecule has 7 heteroatoms. The molecule has 0 spiro atoms. The summed E-state index contributed by atoms with van der Waals surface area (Å²) in [6, 6.07) is 9.41. The van der Waals surface area contributed by atoms with Gasteiger partial charge in [-0.05, 0) is 37.6 Å². The minimum absolute atomic E-state index is 0.362. The number of para-hydroxylation sites is 1. The first-order valence-electron chi connectivity index (χ1n) is 7.76. The fourth-order valence-electron chi connectivity index (χ4n) is 2.62. The number of nitrogens with zero attached hydrogens (tertiary/aromatic N) is 1. The van der Waals surface area contributed by atoms with Crippen molar-refractivity contribution in [2.75, 3.05) is 5.32 Å². The largest absolute Gasteiger partial charge is 0.469 e. The molecule has 134 valence electrons. The van der Waals surface area contributed by atoms with E-state index in [1.165, 1.54) is 6.26 Å². The maximum atomic E-state index is 12.8. The SMILES string of the molecule is Cc1cc(C(F)(F)F)cnc1-c1ccccc1NC(=O)c1ccoc1C. The van der Waals surface area contributed by atoms with Crippen LogP contribution in [0.15, 0.2) is 53.3 Å². The lowest BCUT2D eigenvalue weighted by Crippen LogP contribution is -2.13. The highest BCUT2D eigenvalue weighted by atomic mass is 19.4. The van der Waals surface area contributed by atoms with Crippen molar-refractivity contribution in [3.05, 3.63) is 71.3 Å². The zero-order chi connectivity index (χ0) is 18.9. The van der Waals surface area contributed by atoms with Gasteiger partial charge in [-0.25, -0.2) is 0 Å². The average molecular weight is 360 g/mol. The van der Waals surface area contributed by atoms with E-state index in [9.17, 15) is 18.0 Å². The van der Waals surface area contributed by atoms with Crippen molar-refractivity contribution >= 4 is 11.6 Å². The van der Waals surface area contributed by atoms with Crippen molar-refractivity contribution in [1.82, 2.24) is 4.98 Å². The number of furan rings is 1. The van der Waals surface area contributed by atoms with Crippen LogP contribution >= 0.6 is 0 Å². The molecule has 0 unspecified atom stereocenters. The van der Waals surface area contributed by atoms with E-state index in [2.05, 4.69) is 10.3 Å². The molecular weight excluding hydrogens is 345 g/mol. The molecule has 0 aliphatic rings. The van der Waals surface area contributed by atoms with E-state index in [4.69, 9.17) is 4.42 Å². The Morgan fingerprint density at radius 1 is 1.15 bits per heavy atom. The van der Waals surface area contributed by atoms with Gasteiger partial charge in [0.1, 0.15) is 5.76 Å². The number of pyridine rings is 1. The number of aromatic nitrogens is 1. The Balaban J connectivity index is 1.98. The van der Waals surface area contributed by atoms with Crippen LogP contribution in [-0.4, -0.2) is 10.9 Å². The third-order valence-electron chi connectivity index (χ3n) is 3.94. The summed E-state index contributed by atoms with van der Waals surface area (Å²) in [5.41, 5.74) is 1.30. The van der Waals surface area contributed by atoms with Gasteiger partial charge in [0.2, 0.25) is 0 Å². The van der Waals surface area contributed by atoms with Crippen molar-refractivity contribution in [2.45, 2.75) is 20.0 Å². The number of hydrogen-bond acceptors (Lipinski definition) is 3. The number of halogens is 3. The predicted octanol–water partition coefficient (Wildman–Crippen LogP) is 5.23. The Morgan fingerprint density at radius 2 is 1.88 bits per heavy atom. The third kappa shape index (κ3) is 3.46. The van der Waals surface area contributed by atoms with Gasteiger partial charge in [-0.3, -0.25) is 9.78 Å². The third-order valence-corrected chi connectivity index (χ3v) is 3.94. The summed E-state index contributed by atoms with van der Waals surface area (Å²) in [6.45, 7) is 3.22. The lowest BCUT2D eigenvalue weighted by molar-refractivity contribution is -0.137. The highest BCUT2D eigenvalue weighted by Gasteiger charge is 2.31. The lowest BCUT2D eigenvalue weighted by atomic mass is 10.0. The molecule has 4 nitrogen and oxygen atoms in total. The smallest absolute Gasteiger partial charge is 0.417 e. The van der Waals surface area contributed by atoms with Crippen LogP contribution in [0.25, 0.3) is 11.3 Å². The topological polar surface area (TPSA) is 55.1 Å². The summed E-state index contributed by atoms with van der Waals surface area (Å²) in [7, 11) is 0. The molecule has 0 bridgehead atoms. The molecule has 1 aromatic carbocycles. The number of alkyl halides is 3. The molecule has 3 aromatic rings. The second-order valence-corrected chi connectivity index (χ2v) is 5.78. The zero-order valence-electron chi connectivity index (χ0n) is 14.0. The van der Waals surface area contributed by atoms with Gasteiger partial charge >= 0.3 is 6.18 Å². The highest BCUT2D eigenvalue weighted by Crippen LogP contribution is 2.34. The number of benzene rings is 1. The highest BCUT2D eigenvalue weighted by molar-refractivity contribution is 6.06. The molecule has 1 N–H and O–H groups in total. The summed E-state index contributed by atoms with van der Waals surface area (Å²) in [6.07, 6.45) is -2.25. The Hall–Kier alpha value is -3.09. The van der Waals surface area contributed by atoms with Gasteiger partial charge in [0.05, 0.1) is 28.8 Å². The van der Waals surface area contributed by atoms with Crippen molar-refractivity contribution in [3.8, 4) is 11.3 Å². The molecule has 26 heavy (non-hydrogen) atoms. The molecule has 2 aromatic heterocycles. The van der Waals surface area contributed by atoms with Gasteiger partial charge in [0.25, 0.3) is 5.91 Å². The van der Waals surface area contributed by atoms with Crippen LogP contribution in [0.3, 0.4) is 0 Å². The second-order valence-electron chi connectivity index (χ2n) is 5.78. The number of aryl methyl sites for hydroxylation is 2. The molecule has 0 fully saturated rings. The minimum Gasteiger partial charge on any atom is -0.469 e. The normalized spacial score (nSPS) is 11.4. The predicted molar refractivity (Wildman–Crippen MR) is 90.8 cm³/mol. The van der Waals surface area contributed by atoms with Crippen molar-refractivity contribution < 1.29 is 22.4 Å². The van der Waals surface area contributed by atoms with Gasteiger partial charge < -0.3 is 9.73 Å². The molecule has 0 saturated heterocycles. The first-order valence-corrected chi connectivity index (χ1v) is 7.76. The monoisotopic (exact) mass is 360 g/mol. The summed E-state index contributed by atoms with van der Waals surface area (Å²) >= 11 is 0. The van der Waals surface area contributed by atoms with Crippen LogP contribution in [0.2, 0.25) is 0 Å².